The number of para-hydroxylation sites is 1. The molecule has 1 aromatic carbocycles. The van der Waals surface area contributed by atoms with Crippen molar-refractivity contribution in [2.24, 2.45) is 0 Å². The van der Waals surface area contributed by atoms with Crippen LogP contribution >= 0.6 is 0 Å². The average molecular weight is 174 g/mol. The van der Waals surface area contributed by atoms with Crippen LogP contribution in [0, 0.1) is 6.92 Å². The molecular formula is C9H11NaO2. The van der Waals surface area contributed by atoms with Gasteiger partial charge >= 0.3 is 35.5 Å². The molecule has 0 bridgehead atoms. The summed E-state index contributed by atoms with van der Waals surface area (Å²) in [6.45, 7) is 3.30. The Morgan fingerprint density at radius 2 is 2.00 bits per heavy atom. The summed E-state index contributed by atoms with van der Waals surface area (Å²) >= 11 is 0. The van der Waals surface area contributed by atoms with Crippen molar-refractivity contribution in [2.75, 3.05) is 0 Å². The monoisotopic (exact) mass is 174 g/mol. The fourth-order valence-corrected chi connectivity index (χ4v) is 0.826. The Hall–Kier alpha value is -0.310. The molecule has 0 spiro atoms. The molecule has 0 unspecified atom stereocenters. The number of aryl methyl sites for hydroxylation is 1. The topological polar surface area (TPSA) is 26.3 Å². The molecule has 60 valence electrons. The Balaban J connectivity index is 0. The molecule has 0 atom stereocenters. The van der Waals surface area contributed by atoms with Gasteiger partial charge in [0.15, 0.2) is 0 Å². The van der Waals surface area contributed by atoms with Gasteiger partial charge in [0.05, 0.1) is 0 Å². The summed E-state index contributed by atoms with van der Waals surface area (Å²) in [5.74, 6) is 0.360. The van der Waals surface area contributed by atoms with Gasteiger partial charge < -0.3 is 6.16 Å². The van der Waals surface area contributed by atoms with Gasteiger partial charge in [-0.3, -0.25) is 4.79 Å². The molecule has 0 aliphatic heterocycles. The molecular weight excluding hydrogens is 163 g/mol. The summed E-state index contributed by atoms with van der Waals surface area (Å²) in [5, 5.41) is 0. The predicted molar refractivity (Wildman–Crippen MR) is 43.6 cm³/mol. The maximum atomic E-state index is 10.5. The van der Waals surface area contributed by atoms with Crippen molar-refractivity contribution in [1.29, 1.82) is 0 Å². The van der Waals surface area contributed by atoms with E-state index in [-0.39, 0.29) is 37.0 Å². The maximum Gasteiger partial charge on any atom is 1.00 e. The van der Waals surface area contributed by atoms with Gasteiger partial charge in [0, 0.05) is 6.92 Å². The molecule has 0 aliphatic rings. The van der Waals surface area contributed by atoms with E-state index >= 15 is 0 Å². The third-order valence-corrected chi connectivity index (χ3v) is 1.35. The number of carbonyl (C=O) groups is 1. The van der Waals surface area contributed by atoms with E-state index in [1.165, 1.54) is 6.92 Å². The molecule has 0 saturated heterocycles. The van der Waals surface area contributed by atoms with Gasteiger partial charge in [-0.1, -0.05) is 18.2 Å². The van der Waals surface area contributed by atoms with Crippen molar-refractivity contribution in [3.63, 3.8) is 0 Å². The zero-order chi connectivity index (χ0) is 8.27. The second-order valence-electron chi connectivity index (χ2n) is 2.36. The first-order valence-corrected chi connectivity index (χ1v) is 3.44. The van der Waals surface area contributed by atoms with Crippen LogP contribution in [-0.2, 0) is 4.79 Å². The van der Waals surface area contributed by atoms with Crippen molar-refractivity contribution in [3.05, 3.63) is 29.8 Å². The van der Waals surface area contributed by atoms with Gasteiger partial charge in [0.1, 0.15) is 5.75 Å². The van der Waals surface area contributed by atoms with Crippen molar-refractivity contribution < 1.29 is 40.5 Å². The molecule has 0 amide bonds. The van der Waals surface area contributed by atoms with E-state index in [9.17, 15) is 4.79 Å². The minimum Gasteiger partial charge on any atom is -1.00 e. The molecule has 0 aliphatic carbocycles. The summed E-state index contributed by atoms with van der Waals surface area (Å²) in [6.07, 6.45) is 0. The van der Waals surface area contributed by atoms with Gasteiger partial charge in [-0.15, -0.1) is 0 Å². The minimum absolute atomic E-state index is 0. The standard InChI is InChI=1S/C9H10O2.Na.H/c1-7-5-3-4-6-9(7)11-8(2)10;;/h3-6H,1-2H3;;/q;+1;-1. The van der Waals surface area contributed by atoms with E-state index in [0.717, 1.165) is 5.56 Å². The van der Waals surface area contributed by atoms with Crippen LogP contribution in [0.4, 0.5) is 0 Å². The normalized spacial score (nSPS) is 8.50. The molecule has 0 saturated carbocycles. The summed E-state index contributed by atoms with van der Waals surface area (Å²) in [6, 6.07) is 7.42. The van der Waals surface area contributed by atoms with E-state index in [0.29, 0.717) is 5.75 Å². The van der Waals surface area contributed by atoms with Crippen molar-refractivity contribution in [2.45, 2.75) is 13.8 Å². The van der Waals surface area contributed by atoms with Crippen LogP contribution in [0.15, 0.2) is 24.3 Å². The first-order valence-electron chi connectivity index (χ1n) is 3.44. The molecule has 0 radical (unpaired) electrons. The third kappa shape index (κ3) is 3.39. The van der Waals surface area contributed by atoms with Crippen molar-refractivity contribution in [3.8, 4) is 5.75 Å². The Morgan fingerprint density at radius 1 is 1.42 bits per heavy atom. The summed E-state index contributed by atoms with van der Waals surface area (Å²) in [7, 11) is 0. The molecule has 0 heterocycles. The molecule has 2 nitrogen and oxygen atoms in total. The minimum atomic E-state index is -0.278. The SMILES string of the molecule is CC(=O)Oc1ccccc1C.[H-].[Na+]. The van der Waals surface area contributed by atoms with Gasteiger partial charge in [-0.25, -0.2) is 0 Å². The van der Waals surface area contributed by atoms with Crippen molar-refractivity contribution >= 4 is 5.97 Å². The number of rotatable bonds is 1. The van der Waals surface area contributed by atoms with E-state index in [4.69, 9.17) is 4.74 Å². The Bertz CT molecular complexity index is 276. The molecule has 0 aromatic heterocycles. The van der Waals surface area contributed by atoms with Gasteiger partial charge in [-0.05, 0) is 18.6 Å². The van der Waals surface area contributed by atoms with Crippen molar-refractivity contribution in [1.82, 2.24) is 0 Å². The van der Waals surface area contributed by atoms with E-state index in [2.05, 4.69) is 0 Å². The van der Waals surface area contributed by atoms with Crippen LogP contribution in [0.1, 0.15) is 13.9 Å². The van der Waals surface area contributed by atoms with Crippen LogP contribution in [0.5, 0.6) is 5.75 Å². The van der Waals surface area contributed by atoms with E-state index in [1.807, 2.05) is 25.1 Å². The number of esters is 1. The molecule has 0 N–H and O–H groups in total. The van der Waals surface area contributed by atoms with Gasteiger partial charge in [-0.2, -0.15) is 0 Å². The molecule has 3 heteroatoms. The largest absolute Gasteiger partial charge is 1.00 e. The smallest absolute Gasteiger partial charge is 1.00 e. The van der Waals surface area contributed by atoms with Crippen LogP contribution < -0.4 is 34.3 Å². The van der Waals surface area contributed by atoms with E-state index < -0.39 is 0 Å². The zero-order valence-corrected chi connectivity index (χ0v) is 9.63. The second kappa shape index (κ2) is 5.36. The summed E-state index contributed by atoms with van der Waals surface area (Å²) in [5.41, 5.74) is 0.975. The first kappa shape index (κ1) is 11.7. The number of hydrogen-bond acceptors (Lipinski definition) is 2. The Kier molecular flexibility index (Phi) is 5.22. The average Bonchev–Trinajstić information content (AvgIpc) is 1.93. The van der Waals surface area contributed by atoms with Crippen LogP contribution in [-0.4, -0.2) is 5.97 Å². The number of ether oxygens (including phenoxy) is 1. The Morgan fingerprint density at radius 3 is 2.50 bits per heavy atom. The fraction of sp³-hybridized carbons (Fsp3) is 0.222. The van der Waals surface area contributed by atoms with Gasteiger partial charge in [0.2, 0.25) is 0 Å². The number of hydrogen-bond donors (Lipinski definition) is 0. The second-order valence-corrected chi connectivity index (χ2v) is 2.36. The Labute approximate surface area is 95.7 Å². The zero-order valence-electron chi connectivity index (χ0n) is 8.63. The number of carbonyl (C=O) groups excluding carboxylic acids is 1. The van der Waals surface area contributed by atoms with Crippen LogP contribution in [0.3, 0.4) is 0 Å². The molecule has 0 fully saturated rings. The first-order chi connectivity index (χ1) is 5.20. The van der Waals surface area contributed by atoms with Gasteiger partial charge in [0.25, 0.3) is 0 Å². The summed E-state index contributed by atoms with van der Waals surface area (Å²) < 4.78 is 4.91. The molecule has 1 rings (SSSR count). The van der Waals surface area contributed by atoms with Crippen LogP contribution in [0.25, 0.3) is 0 Å². The predicted octanol–water partition coefficient (Wildman–Crippen LogP) is -0.963. The quantitative estimate of drug-likeness (QED) is 0.311. The molecule has 1 aromatic rings. The third-order valence-electron chi connectivity index (χ3n) is 1.35. The van der Waals surface area contributed by atoms with E-state index in [1.54, 1.807) is 6.07 Å². The summed E-state index contributed by atoms with van der Waals surface area (Å²) in [4.78, 5) is 10.5. The molecule has 12 heavy (non-hydrogen) atoms. The number of benzene rings is 1. The van der Waals surface area contributed by atoms with Crippen LogP contribution in [0.2, 0.25) is 0 Å². The maximum absolute atomic E-state index is 10.5. The fourth-order valence-electron chi connectivity index (χ4n) is 0.826.